The molecule has 0 unspecified atom stereocenters. The first kappa shape index (κ1) is 15.7. The van der Waals surface area contributed by atoms with Gasteiger partial charge in [-0.25, -0.2) is 8.42 Å². The van der Waals surface area contributed by atoms with Crippen molar-refractivity contribution in [2.75, 3.05) is 17.3 Å². The Morgan fingerprint density at radius 2 is 2.19 bits per heavy atom. The van der Waals surface area contributed by atoms with Crippen molar-refractivity contribution in [1.82, 2.24) is 9.78 Å². The molecule has 0 aliphatic rings. The largest absolute Gasteiger partial charge is 0.304 e. The standard InChI is InChI=1S/C13H17N3O3S2/c1-3-10-5-8-20-12(10)13(17)14-11-4-6-16(15-11)7-9-21(2,18)19/h4-6,8H,3,7,9H2,1-2H3,(H,14,15,17). The minimum atomic E-state index is -3.03. The third kappa shape index (κ3) is 4.40. The van der Waals surface area contributed by atoms with Crippen LogP contribution >= 0.6 is 11.3 Å². The van der Waals surface area contributed by atoms with E-state index < -0.39 is 9.84 Å². The quantitative estimate of drug-likeness (QED) is 0.877. The number of rotatable bonds is 6. The zero-order valence-electron chi connectivity index (χ0n) is 11.9. The first-order valence-electron chi connectivity index (χ1n) is 6.48. The van der Waals surface area contributed by atoms with Crippen LogP contribution in [0.1, 0.15) is 22.2 Å². The molecule has 2 rings (SSSR count). The molecule has 6 nitrogen and oxygen atoms in total. The number of aromatic nitrogens is 2. The van der Waals surface area contributed by atoms with E-state index in [0.29, 0.717) is 10.7 Å². The number of amides is 1. The van der Waals surface area contributed by atoms with Crippen molar-refractivity contribution < 1.29 is 13.2 Å². The maximum Gasteiger partial charge on any atom is 0.267 e. The molecule has 0 aliphatic heterocycles. The van der Waals surface area contributed by atoms with Crippen molar-refractivity contribution in [3.05, 3.63) is 34.2 Å². The molecule has 0 saturated carbocycles. The highest BCUT2D eigenvalue weighted by Crippen LogP contribution is 2.18. The SMILES string of the molecule is CCc1ccsc1C(=O)Nc1ccn(CCS(C)(=O)=O)n1. The summed E-state index contributed by atoms with van der Waals surface area (Å²) in [6.07, 6.45) is 3.63. The number of aryl methyl sites for hydroxylation is 2. The summed E-state index contributed by atoms with van der Waals surface area (Å²) in [7, 11) is -3.03. The van der Waals surface area contributed by atoms with E-state index >= 15 is 0 Å². The predicted octanol–water partition coefficient (Wildman–Crippen LogP) is 1.80. The predicted molar refractivity (Wildman–Crippen MR) is 83.6 cm³/mol. The lowest BCUT2D eigenvalue weighted by molar-refractivity contribution is 0.102. The van der Waals surface area contributed by atoms with Gasteiger partial charge in [-0.15, -0.1) is 11.3 Å². The third-order valence-corrected chi connectivity index (χ3v) is 4.79. The molecule has 0 saturated heterocycles. The average molecular weight is 327 g/mol. The van der Waals surface area contributed by atoms with Crippen molar-refractivity contribution in [3.63, 3.8) is 0 Å². The molecule has 8 heteroatoms. The molecular weight excluding hydrogens is 310 g/mol. The maximum absolute atomic E-state index is 12.1. The van der Waals surface area contributed by atoms with E-state index in [0.717, 1.165) is 12.0 Å². The minimum Gasteiger partial charge on any atom is -0.304 e. The molecule has 2 aromatic heterocycles. The van der Waals surface area contributed by atoms with E-state index in [1.807, 2.05) is 18.4 Å². The Bertz CT molecular complexity index is 731. The highest BCUT2D eigenvalue weighted by Gasteiger charge is 2.13. The van der Waals surface area contributed by atoms with Crippen LogP contribution in [-0.2, 0) is 22.8 Å². The van der Waals surface area contributed by atoms with Gasteiger partial charge in [-0.1, -0.05) is 6.92 Å². The Labute approximate surface area is 127 Å². The average Bonchev–Trinajstić information content (AvgIpc) is 3.03. The van der Waals surface area contributed by atoms with Crippen LogP contribution in [0.2, 0.25) is 0 Å². The van der Waals surface area contributed by atoms with Gasteiger partial charge in [0, 0.05) is 18.5 Å². The highest BCUT2D eigenvalue weighted by molar-refractivity contribution is 7.90. The number of sulfone groups is 1. The molecule has 1 N–H and O–H groups in total. The van der Waals surface area contributed by atoms with Gasteiger partial charge in [-0.2, -0.15) is 5.10 Å². The van der Waals surface area contributed by atoms with Gasteiger partial charge in [0.2, 0.25) is 0 Å². The molecule has 114 valence electrons. The van der Waals surface area contributed by atoms with Crippen molar-refractivity contribution in [3.8, 4) is 0 Å². The van der Waals surface area contributed by atoms with E-state index in [2.05, 4.69) is 10.4 Å². The lowest BCUT2D eigenvalue weighted by atomic mass is 10.2. The van der Waals surface area contributed by atoms with Gasteiger partial charge in [0.05, 0.1) is 17.2 Å². The van der Waals surface area contributed by atoms with Crippen molar-refractivity contribution in [2.24, 2.45) is 0 Å². The molecule has 0 radical (unpaired) electrons. The van der Waals surface area contributed by atoms with Crippen LogP contribution in [0.5, 0.6) is 0 Å². The molecule has 0 aliphatic carbocycles. The summed E-state index contributed by atoms with van der Waals surface area (Å²) < 4.78 is 23.7. The van der Waals surface area contributed by atoms with E-state index in [-0.39, 0.29) is 18.2 Å². The normalized spacial score (nSPS) is 11.5. The first-order valence-corrected chi connectivity index (χ1v) is 9.42. The van der Waals surface area contributed by atoms with Gasteiger partial charge < -0.3 is 5.32 Å². The summed E-state index contributed by atoms with van der Waals surface area (Å²) in [6, 6.07) is 3.59. The summed E-state index contributed by atoms with van der Waals surface area (Å²) in [5, 5.41) is 8.76. The van der Waals surface area contributed by atoms with Gasteiger partial charge in [-0.05, 0) is 23.4 Å². The summed E-state index contributed by atoms with van der Waals surface area (Å²) in [4.78, 5) is 12.8. The van der Waals surface area contributed by atoms with Gasteiger partial charge in [0.25, 0.3) is 5.91 Å². The zero-order chi connectivity index (χ0) is 15.5. The summed E-state index contributed by atoms with van der Waals surface area (Å²) in [5.41, 5.74) is 1.01. The van der Waals surface area contributed by atoms with Crippen LogP contribution in [0.4, 0.5) is 5.82 Å². The molecular formula is C13H17N3O3S2. The fourth-order valence-corrected chi connectivity index (χ4v) is 3.21. The number of carbonyl (C=O) groups is 1. The Balaban J connectivity index is 2.01. The van der Waals surface area contributed by atoms with E-state index in [9.17, 15) is 13.2 Å². The van der Waals surface area contributed by atoms with Crippen LogP contribution in [0, 0.1) is 0 Å². The molecule has 2 heterocycles. The summed E-state index contributed by atoms with van der Waals surface area (Å²) in [6.45, 7) is 2.27. The molecule has 1 amide bonds. The number of hydrogen-bond donors (Lipinski definition) is 1. The second-order valence-electron chi connectivity index (χ2n) is 4.68. The van der Waals surface area contributed by atoms with Crippen LogP contribution < -0.4 is 5.32 Å². The second kappa shape index (κ2) is 6.40. The van der Waals surface area contributed by atoms with Crippen LogP contribution in [-0.4, -0.2) is 36.1 Å². The van der Waals surface area contributed by atoms with Gasteiger partial charge in [-0.3, -0.25) is 9.48 Å². The van der Waals surface area contributed by atoms with Gasteiger partial charge in [0.1, 0.15) is 9.84 Å². The van der Waals surface area contributed by atoms with E-state index in [1.165, 1.54) is 22.3 Å². The Morgan fingerprint density at radius 1 is 1.43 bits per heavy atom. The highest BCUT2D eigenvalue weighted by atomic mass is 32.2. The number of nitrogens with one attached hydrogen (secondary N) is 1. The molecule has 21 heavy (non-hydrogen) atoms. The Morgan fingerprint density at radius 3 is 2.86 bits per heavy atom. The van der Waals surface area contributed by atoms with Crippen LogP contribution in [0.25, 0.3) is 0 Å². The number of thiophene rings is 1. The molecule has 2 aromatic rings. The second-order valence-corrected chi connectivity index (χ2v) is 7.85. The third-order valence-electron chi connectivity index (χ3n) is 2.91. The topological polar surface area (TPSA) is 81.1 Å². The van der Waals surface area contributed by atoms with Crippen LogP contribution in [0.3, 0.4) is 0 Å². The monoisotopic (exact) mass is 327 g/mol. The number of anilines is 1. The fourth-order valence-electron chi connectivity index (χ4n) is 1.80. The molecule has 0 bridgehead atoms. The van der Waals surface area contributed by atoms with E-state index in [1.54, 1.807) is 12.3 Å². The zero-order valence-corrected chi connectivity index (χ0v) is 13.5. The van der Waals surface area contributed by atoms with E-state index in [4.69, 9.17) is 0 Å². The summed E-state index contributed by atoms with van der Waals surface area (Å²) in [5.74, 6) is 0.256. The summed E-state index contributed by atoms with van der Waals surface area (Å²) >= 11 is 1.40. The van der Waals surface area contributed by atoms with Crippen molar-refractivity contribution in [1.29, 1.82) is 0 Å². The molecule has 0 spiro atoms. The lowest BCUT2D eigenvalue weighted by Gasteiger charge is -2.02. The fraction of sp³-hybridized carbons (Fsp3) is 0.385. The Hall–Kier alpha value is -1.67. The van der Waals surface area contributed by atoms with Crippen molar-refractivity contribution >= 4 is 32.9 Å². The number of nitrogens with zero attached hydrogens (tertiary/aromatic N) is 2. The van der Waals surface area contributed by atoms with Gasteiger partial charge in [0.15, 0.2) is 5.82 Å². The molecule has 0 atom stereocenters. The van der Waals surface area contributed by atoms with Gasteiger partial charge >= 0.3 is 0 Å². The maximum atomic E-state index is 12.1. The minimum absolute atomic E-state index is 0.0208. The van der Waals surface area contributed by atoms with Crippen molar-refractivity contribution in [2.45, 2.75) is 19.9 Å². The lowest BCUT2D eigenvalue weighted by Crippen LogP contribution is -2.14. The number of carbonyl (C=O) groups excluding carboxylic acids is 1. The van der Waals surface area contributed by atoms with Crippen LogP contribution in [0.15, 0.2) is 23.7 Å². The molecule has 0 aromatic carbocycles. The molecule has 0 fully saturated rings. The smallest absolute Gasteiger partial charge is 0.267 e. The first-order chi connectivity index (χ1) is 9.89. The number of hydrogen-bond acceptors (Lipinski definition) is 5. The Kier molecular flexibility index (Phi) is 4.79.